The molecule has 0 saturated carbocycles. The molecular formula is C23H27N5O6. The number of nitrogens with one attached hydrogen (secondary N) is 3. The molecule has 1 aromatic heterocycles. The Morgan fingerprint density at radius 2 is 1.71 bits per heavy atom. The van der Waals surface area contributed by atoms with Crippen molar-refractivity contribution < 1.29 is 28.5 Å². The Morgan fingerprint density at radius 3 is 2.41 bits per heavy atom. The number of rotatable bonds is 11. The Hall–Kier alpha value is -4.28. The Balaban J connectivity index is 1.60. The maximum absolute atomic E-state index is 12.5. The topological polar surface area (TPSA) is 137 Å². The van der Waals surface area contributed by atoms with Crippen LogP contribution >= 0.6 is 0 Å². The van der Waals surface area contributed by atoms with E-state index in [1.807, 2.05) is 13.8 Å². The lowest BCUT2D eigenvalue weighted by Crippen LogP contribution is -2.33. The Labute approximate surface area is 196 Å². The summed E-state index contributed by atoms with van der Waals surface area (Å²) in [5.41, 5.74) is 0.983. The quantitative estimate of drug-likeness (QED) is 0.390. The Bertz CT molecular complexity index is 1150. The molecule has 2 amide bonds. The summed E-state index contributed by atoms with van der Waals surface area (Å²) < 4.78 is 21.6. The predicted molar refractivity (Wildman–Crippen MR) is 125 cm³/mol. The first-order valence-electron chi connectivity index (χ1n) is 10.6. The van der Waals surface area contributed by atoms with Gasteiger partial charge in [0.05, 0.1) is 39.5 Å². The molecule has 0 radical (unpaired) electrons. The van der Waals surface area contributed by atoms with Gasteiger partial charge in [-0.25, -0.2) is 0 Å². The van der Waals surface area contributed by atoms with Gasteiger partial charge in [0.15, 0.2) is 17.3 Å². The molecule has 0 aliphatic carbocycles. The van der Waals surface area contributed by atoms with E-state index >= 15 is 0 Å². The molecule has 3 N–H and O–H groups in total. The van der Waals surface area contributed by atoms with E-state index in [9.17, 15) is 9.59 Å². The largest absolute Gasteiger partial charge is 0.497 e. The number of aromatic amines is 1. The minimum Gasteiger partial charge on any atom is -0.497 e. The second-order valence-electron chi connectivity index (χ2n) is 6.83. The smallest absolute Gasteiger partial charge is 0.251 e. The zero-order chi connectivity index (χ0) is 24.5. The van der Waals surface area contributed by atoms with Crippen LogP contribution < -0.4 is 29.6 Å². The van der Waals surface area contributed by atoms with Crippen LogP contribution in [0.5, 0.6) is 23.0 Å². The molecule has 0 fully saturated rings. The van der Waals surface area contributed by atoms with Gasteiger partial charge in [-0.1, -0.05) is 0 Å². The van der Waals surface area contributed by atoms with E-state index in [-0.39, 0.29) is 12.5 Å². The molecule has 11 heteroatoms. The van der Waals surface area contributed by atoms with Crippen molar-refractivity contribution in [2.24, 2.45) is 0 Å². The average Bonchev–Trinajstić information content (AvgIpc) is 3.31. The summed E-state index contributed by atoms with van der Waals surface area (Å²) in [6.07, 6.45) is 0. The van der Waals surface area contributed by atoms with Crippen LogP contribution in [0.4, 0.5) is 5.95 Å². The summed E-state index contributed by atoms with van der Waals surface area (Å²) in [6, 6.07) is 10.1. The molecule has 3 rings (SSSR count). The first-order valence-corrected chi connectivity index (χ1v) is 10.6. The molecule has 0 aliphatic rings. The summed E-state index contributed by atoms with van der Waals surface area (Å²) in [4.78, 5) is 29.1. The third kappa shape index (κ3) is 5.94. The normalized spacial score (nSPS) is 10.4. The summed E-state index contributed by atoms with van der Waals surface area (Å²) in [6.45, 7) is 4.33. The molecule has 11 nitrogen and oxygen atoms in total. The lowest BCUT2D eigenvalue weighted by Gasteiger charge is -2.12. The molecule has 0 bridgehead atoms. The van der Waals surface area contributed by atoms with Crippen LogP contribution in [0, 0.1) is 0 Å². The highest BCUT2D eigenvalue weighted by Gasteiger charge is 2.15. The van der Waals surface area contributed by atoms with Crippen LogP contribution in [-0.2, 0) is 4.79 Å². The van der Waals surface area contributed by atoms with Gasteiger partial charge in [-0.3, -0.25) is 20.0 Å². The third-order valence-corrected chi connectivity index (χ3v) is 4.62. The Morgan fingerprint density at radius 1 is 0.941 bits per heavy atom. The number of carbonyl (C=O) groups excluding carboxylic acids is 2. The van der Waals surface area contributed by atoms with Crippen LogP contribution in [0.2, 0.25) is 0 Å². The molecule has 1 heterocycles. The van der Waals surface area contributed by atoms with E-state index in [1.165, 1.54) is 7.11 Å². The third-order valence-electron chi connectivity index (χ3n) is 4.62. The van der Waals surface area contributed by atoms with Crippen LogP contribution in [0.25, 0.3) is 11.4 Å². The molecule has 0 atom stereocenters. The van der Waals surface area contributed by atoms with Gasteiger partial charge in [0.25, 0.3) is 5.91 Å². The highest BCUT2D eigenvalue weighted by Crippen LogP contribution is 2.31. The maximum Gasteiger partial charge on any atom is 0.251 e. The summed E-state index contributed by atoms with van der Waals surface area (Å²) in [7, 11) is 3.09. The minimum absolute atomic E-state index is 0.0619. The van der Waals surface area contributed by atoms with Crippen molar-refractivity contribution in [2.75, 3.05) is 39.3 Å². The average molecular weight is 469 g/mol. The number of anilines is 1. The predicted octanol–water partition coefficient (Wildman–Crippen LogP) is 2.65. The molecule has 3 aromatic rings. The summed E-state index contributed by atoms with van der Waals surface area (Å²) >= 11 is 0. The van der Waals surface area contributed by atoms with Crippen molar-refractivity contribution in [1.82, 2.24) is 20.5 Å². The first-order chi connectivity index (χ1) is 16.5. The second-order valence-corrected chi connectivity index (χ2v) is 6.83. The molecule has 180 valence electrons. The lowest BCUT2D eigenvalue weighted by molar-refractivity contribution is -0.115. The van der Waals surface area contributed by atoms with E-state index < -0.39 is 11.8 Å². The van der Waals surface area contributed by atoms with E-state index in [2.05, 4.69) is 25.8 Å². The van der Waals surface area contributed by atoms with Crippen molar-refractivity contribution in [3.8, 4) is 34.4 Å². The van der Waals surface area contributed by atoms with Gasteiger partial charge < -0.3 is 24.3 Å². The van der Waals surface area contributed by atoms with Crippen molar-refractivity contribution >= 4 is 17.8 Å². The number of nitrogens with zero attached hydrogens (tertiary/aromatic N) is 2. The summed E-state index contributed by atoms with van der Waals surface area (Å²) in [5, 5.41) is 11.9. The number of amides is 2. The summed E-state index contributed by atoms with van der Waals surface area (Å²) in [5.74, 6) is 1.71. The highest BCUT2D eigenvalue weighted by atomic mass is 16.5. The molecular weight excluding hydrogens is 442 g/mol. The Kier molecular flexibility index (Phi) is 8.27. The van der Waals surface area contributed by atoms with Crippen LogP contribution in [0.1, 0.15) is 24.2 Å². The molecule has 0 saturated heterocycles. The first kappa shape index (κ1) is 24.4. The molecule has 0 unspecified atom stereocenters. The van der Waals surface area contributed by atoms with Gasteiger partial charge in [-0.2, -0.15) is 4.98 Å². The maximum atomic E-state index is 12.5. The van der Waals surface area contributed by atoms with E-state index in [1.54, 1.807) is 43.5 Å². The van der Waals surface area contributed by atoms with Crippen molar-refractivity contribution in [3.63, 3.8) is 0 Å². The van der Waals surface area contributed by atoms with Gasteiger partial charge in [0, 0.05) is 11.6 Å². The monoisotopic (exact) mass is 469 g/mol. The SMILES string of the molecule is CCOc1ccc(C(=O)NCC(=O)Nc2n[nH]c(-c3ccc(OC)cc3OC)n2)cc1OCC. The van der Waals surface area contributed by atoms with Gasteiger partial charge in [0.1, 0.15) is 11.5 Å². The zero-order valence-corrected chi connectivity index (χ0v) is 19.4. The van der Waals surface area contributed by atoms with Crippen LogP contribution in [-0.4, -0.2) is 61.0 Å². The number of carbonyl (C=O) groups is 2. The number of hydrogen-bond acceptors (Lipinski definition) is 8. The highest BCUT2D eigenvalue weighted by molar-refractivity contribution is 5.99. The molecule has 0 aliphatic heterocycles. The van der Waals surface area contributed by atoms with E-state index in [4.69, 9.17) is 18.9 Å². The molecule has 2 aromatic carbocycles. The number of methoxy groups -OCH3 is 2. The fourth-order valence-corrected chi connectivity index (χ4v) is 3.06. The van der Waals surface area contributed by atoms with Crippen molar-refractivity contribution in [3.05, 3.63) is 42.0 Å². The number of hydrogen-bond donors (Lipinski definition) is 3. The van der Waals surface area contributed by atoms with Gasteiger partial charge in [-0.05, 0) is 44.2 Å². The van der Waals surface area contributed by atoms with Crippen LogP contribution in [0.15, 0.2) is 36.4 Å². The second kappa shape index (κ2) is 11.5. The fraction of sp³-hybridized carbons (Fsp3) is 0.304. The molecule has 0 spiro atoms. The zero-order valence-electron chi connectivity index (χ0n) is 19.4. The minimum atomic E-state index is -0.489. The van der Waals surface area contributed by atoms with E-state index in [0.29, 0.717) is 53.2 Å². The number of aromatic nitrogens is 3. The standard InChI is InChI=1S/C23H27N5O6/c1-5-33-17-10-7-14(11-19(17)34-6-2)22(30)24-13-20(29)25-23-26-21(27-28-23)16-9-8-15(31-3)12-18(16)32-4/h7-12H,5-6,13H2,1-4H3,(H,24,30)(H2,25,26,27,28,29). The van der Waals surface area contributed by atoms with Gasteiger partial charge in [0.2, 0.25) is 11.9 Å². The van der Waals surface area contributed by atoms with Crippen molar-refractivity contribution in [1.29, 1.82) is 0 Å². The number of benzene rings is 2. The fourth-order valence-electron chi connectivity index (χ4n) is 3.06. The van der Waals surface area contributed by atoms with Crippen molar-refractivity contribution in [2.45, 2.75) is 13.8 Å². The van der Waals surface area contributed by atoms with Gasteiger partial charge in [-0.15, -0.1) is 5.10 Å². The van der Waals surface area contributed by atoms with E-state index in [0.717, 1.165) is 0 Å². The molecule has 34 heavy (non-hydrogen) atoms. The lowest BCUT2D eigenvalue weighted by atomic mass is 10.2. The number of ether oxygens (including phenoxy) is 4. The van der Waals surface area contributed by atoms with Crippen LogP contribution in [0.3, 0.4) is 0 Å². The van der Waals surface area contributed by atoms with Gasteiger partial charge >= 0.3 is 0 Å². The number of H-pyrrole nitrogens is 1.